The molecule has 90 valence electrons. The van der Waals surface area contributed by atoms with E-state index in [-0.39, 0.29) is 11.5 Å². The summed E-state index contributed by atoms with van der Waals surface area (Å²) in [4.78, 5) is 0. The van der Waals surface area contributed by atoms with E-state index in [9.17, 15) is 0 Å². The first-order valence-electron chi connectivity index (χ1n) is 5.67. The minimum absolute atomic E-state index is 0.216. The zero-order valence-electron chi connectivity index (χ0n) is 9.82. The molecule has 3 rings (SSSR count). The molecule has 2 heteroatoms. The lowest BCUT2D eigenvalue weighted by atomic mass is 10.1. The molecular weight excluding hydrogens is 224 g/mol. The molecule has 0 atom stereocenters. The Morgan fingerprint density at radius 2 is 0.889 bits per heavy atom. The van der Waals surface area contributed by atoms with Crippen LogP contribution in [0.1, 0.15) is 0 Å². The first-order chi connectivity index (χ1) is 8.75. The number of fused-ring (bicyclic) bond motifs is 1. The van der Waals surface area contributed by atoms with Crippen LogP contribution in [0.5, 0.6) is 11.5 Å². The van der Waals surface area contributed by atoms with Gasteiger partial charge < -0.3 is 10.2 Å². The van der Waals surface area contributed by atoms with Crippen molar-refractivity contribution in [1.82, 2.24) is 0 Å². The molecule has 0 fully saturated rings. The molecule has 0 aromatic heterocycles. The van der Waals surface area contributed by atoms with Gasteiger partial charge >= 0.3 is 0 Å². The van der Waals surface area contributed by atoms with Gasteiger partial charge in [-0.2, -0.15) is 0 Å². The normalized spacial score (nSPS) is 9.56. The molecule has 0 aliphatic rings. The van der Waals surface area contributed by atoms with Gasteiger partial charge in [-0.25, -0.2) is 0 Å². The van der Waals surface area contributed by atoms with E-state index < -0.39 is 0 Å². The van der Waals surface area contributed by atoms with E-state index in [0.717, 1.165) is 10.8 Å². The topological polar surface area (TPSA) is 40.5 Å². The molecule has 0 spiro atoms. The highest BCUT2D eigenvalue weighted by Gasteiger charge is 1.95. The lowest BCUT2D eigenvalue weighted by Crippen LogP contribution is -1.71. The Hall–Kier alpha value is -2.48. The Bertz CT molecular complexity index is 555. The second-order valence-electron chi connectivity index (χ2n) is 3.87. The van der Waals surface area contributed by atoms with Crippen LogP contribution in [0.4, 0.5) is 0 Å². The highest BCUT2D eigenvalue weighted by molar-refractivity contribution is 5.84. The molecule has 0 saturated carbocycles. The molecule has 0 amide bonds. The fraction of sp³-hybridized carbons (Fsp3) is 0. The van der Waals surface area contributed by atoms with Gasteiger partial charge in [0.05, 0.1) is 0 Å². The van der Waals surface area contributed by atoms with Gasteiger partial charge in [-0.1, -0.05) is 48.5 Å². The number of rotatable bonds is 0. The van der Waals surface area contributed by atoms with E-state index >= 15 is 0 Å². The molecule has 3 aromatic carbocycles. The van der Waals surface area contributed by atoms with Gasteiger partial charge in [0.1, 0.15) is 11.5 Å². The fourth-order valence-electron chi connectivity index (χ4n) is 1.61. The van der Waals surface area contributed by atoms with E-state index in [1.54, 1.807) is 24.3 Å². The van der Waals surface area contributed by atoms with Crippen molar-refractivity contribution < 1.29 is 10.2 Å². The van der Waals surface area contributed by atoms with Crippen LogP contribution in [-0.4, -0.2) is 10.2 Å². The Balaban J connectivity index is 0.000000169. The van der Waals surface area contributed by atoms with Crippen molar-refractivity contribution in [2.24, 2.45) is 0 Å². The Morgan fingerprint density at radius 3 is 1.28 bits per heavy atom. The van der Waals surface area contributed by atoms with Gasteiger partial charge in [0.2, 0.25) is 0 Å². The van der Waals surface area contributed by atoms with Crippen molar-refractivity contribution in [1.29, 1.82) is 0 Å². The number of phenolic OH excluding ortho intramolecular Hbond substituents is 2. The van der Waals surface area contributed by atoms with Crippen LogP contribution in [0.15, 0.2) is 72.8 Å². The Morgan fingerprint density at radius 1 is 0.500 bits per heavy atom. The van der Waals surface area contributed by atoms with Gasteiger partial charge in [0.15, 0.2) is 0 Å². The van der Waals surface area contributed by atoms with Crippen LogP contribution in [0, 0.1) is 0 Å². The maximum Gasteiger partial charge on any atom is 0.116 e. The number of hydrogen-bond donors (Lipinski definition) is 2. The molecule has 0 heterocycles. The van der Waals surface area contributed by atoms with Gasteiger partial charge in [-0.15, -0.1) is 0 Å². The first kappa shape index (κ1) is 12.0. The van der Waals surface area contributed by atoms with Crippen LogP contribution >= 0.6 is 0 Å². The first-order valence-corrected chi connectivity index (χ1v) is 5.67. The SMILES string of the molecule is Oc1ccc2ccc(O)cc2c1.c1ccccc1. The average molecular weight is 238 g/mol. The van der Waals surface area contributed by atoms with E-state index in [4.69, 9.17) is 10.2 Å². The van der Waals surface area contributed by atoms with Crippen LogP contribution in [0.2, 0.25) is 0 Å². The number of aromatic hydroxyl groups is 2. The minimum Gasteiger partial charge on any atom is -0.508 e. The second-order valence-corrected chi connectivity index (χ2v) is 3.87. The van der Waals surface area contributed by atoms with Crippen LogP contribution < -0.4 is 0 Å². The quantitative estimate of drug-likeness (QED) is 0.622. The van der Waals surface area contributed by atoms with Crippen molar-refractivity contribution >= 4 is 10.8 Å². The highest BCUT2D eigenvalue weighted by Crippen LogP contribution is 2.23. The summed E-state index contributed by atoms with van der Waals surface area (Å²) in [6.45, 7) is 0. The molecule has 2 N–H and O–H groups in total. The standard InChI is InChI=1S/C10H8O2.C6H6/c11-9-3-1-7-2-4-10(12)6-8(7)5-9;1-2-4-6-5-3-1/h1-6,11-12H;1-6H. The summed E-state index contributed by atoms with van der Waals surface area (Å²) < 4.78 is 0. The van der Waals surface area contributed by atoms with Crippen molar-refractivity contribution in [2.75, 3.05) is 0 Å². The largest absolute Gasteiger partial charge is 0.508 e. The number of phenols is 2. The predicted molar refractivity (Wildman–Crippen MR) is 73.7 cm³/mol. The average Bonchev–Trinajstić information content (AvgIpc) is 2.41. The third-order valence-corrected chi connectivity index (χ3v) is 2.47. The Labute approximate surface area is 106 Å². The molecule has 0 aliphatic heterocycles. The summed E-state index contributed by atoms with van der Waals surface area (Å²) in [7, 11) is 0. The maximum absolute atomic E-state index is 9.14. The van der Waals surface area contributed by atoms with Gasteiger partial charge in [0, 0.05) is 0 Å². The van der Waals surface area contributed by atoms with Gasteiger partial charge in [-0.3, -0.25) is 0 Å². The Kier molecular flexibility index (Phi) is 3.82. The van der Waals surface area contributed by atoms with Crippen LogP contribution in [-0.2, 0) is 0 Å². The lowest BCUT2D eigenvalue weighted by molar-refractivity contribution is 0.474. The van der Waals surface area contributed by atoms with E-state index in [0.29, 0.717) is 0 Å². The van der Waals surface area contributed by atoms with Gasteiger partial charge in [-0.05, 0) is 35.0 Å². The molecule has 3 aromatic rings. The molecule has 0 saturated heterocycles. The van der Waals surface area contributed by atoms with E-state index in [2.05, 4.69) is 0 Å². The fourth-order valence-corrected chi connectivity index (χ4v) is 1.61. The molecule has 0 aliphatic carbocycles. The number of benzene rings is 3. The molecule has 18 heavy (non-hydrogen) atoms. The van der Waals surface area contributed by atoms with Gasteiger partial charge in [0.25, 0.3) is 0 Å². The highest BCUT2D eigenvalue weighted by atomic mass is 16.3. The third kappa shape index (κ3) is 3.25. The molecular formula is C16H14O2. The molecule has 2 nitrogen and oxygen atoms in total. The monoisotopic (exact) mass is 238 g/mol. The van der Waals surface area contributed by atoms with Crippen molar-refractivity contribution in [3.63, 3.8) is 0 Å². The summed E-state index contributed by atoms with van der Waals surface area (Å²) in [6.07, 6.45) is 0. The summed E-state index contributed by atoms with van der Waals surface area (Å²) >= 11 is 0. The smallest absolute Gasteiger partial charge is 0.116 e. The van der Waals surface area contributed by atoms with Crippen molar-refractivity contribution in [3.8, 4) is 11.5 Å². The summed E-state index contributed by atoms with van der Waals surface area (Å²) in [5.41, 5.74) is 0. The van der Waals surface area contributed by atoms with Crippen LogP contribution in [0.3, 0.4) is 0 Å². The molecule has 0 bridgehead atoms. The predicted octanol–water partition coefficient (Wildman–Crippen LogP) is 3.94. The summed E-state index contributed by atoms with van der Waals surface area (Å²) in [5.74, 6) is 0.432. The van der Waals surface area contributed by atoms with Crippen LogP contribution in [0.25, 0.3) is 10.8 Å². The zero-order valence-corrected chi connectivity index (χ0v) is 9.82. The summed E-state index contributed by atoms with van der Waals surface area (Å²) in [5, 5.41) is 20.1. The zero-order chi connectivity index (χ0) is 12.8. The maximum atomic E-state index is 9.14. The molecule has 0 radical (unpaired) electrons. The third-order valence-electron chi connectivity index (χ3n) is 2.47. The van der Waals surface area contributed by atoms with E-state index in [1.165, 1.54) is 0 Å². The van der Waals surface area contributed by atoms with Crippen molar-refractivity contribution in [2.45, 2.75) is 0 Å². The number of hydrogen-bond acceptors (Lipinski definition) is 2. The summed E-state index contributed by atoms with van der Waals surface area (Å²) in [6, 6.07) is 22.1. The molecule has 0 unspecified atom stereocenters. The van der Waals surface area contributed by atoms with Crippen molar-refractivity contribution in [3.05, 3.63) is 72.8 Å². The minimum atomic E-state index is 0.216. The second kappa shape index (κ2) is 5.73. The van der Waals surface area contributed by atoms with E-state index in [1.807, 2.05) is 48.5 Å². The lowest BCUT2D eigenvalue weighted by Gasteiger charge is -1.98.